The molecule has 1 aliphatic heterocycles. The molecule has 3 rings (SSSR count). The van der Waals surface area contributed by atoms with Crippen LogP contribution in [0.15, 0.2) is 36.4 Å². The quantitative estimate of drug-likeness (QED) is 0.852. The Hall–Kier alpha value is -2.73. The third kappa shape index (κ3) is 3.60. The maximum absolute atomic E-state index is 12.6. The number of benzene rings is 2. The predicted molar refractivity (Wildman–Crippen MR) is 100 cm³/mol. The summed E-state index contributed by atoms with van der Waals surface area (Å²) in [5.41, 5.74) is 0.698. The Morgan fingerprint density at radius 1 is 1.27 bits per heavy atom. The predicted octanol–water partition coefficient (Wildman–Crippen LogP) is 3.96. The monoisotopic (exact) mass is 374 g/mol. The number of fused-ring (bicyclic) bond motifs is 1. The molecule has 0 atom stereocenters. The summed E-state index contributed by atoms with van der Waals surface area (Å²) in [6.07, 6.45) is 0. The lowest BCUT2D eigenvalue weighted by molar-refractivity contribution is -0.124. The Morgan fingerprint density at radius 2 is 2.04 bits per heavy atom. The number of halogens is 1. The van der Waals surface area contributed by atoms with Crippen LogP contribution >= 0.6 is 11.6 Å². The molecule has 6 nitrogen and oxygen atoms in total. The van der Waals surface area contributed by atoms with Gasteiger partial charge < -0.3 is 20.1 Å². The molecule has 136 valence electrons. The summed E-state index contributed by atoms with van der Waals surface area (Å²) >= 11 is 5.98. The third-order valence-electron chi connectivity index (χ3n) is 4.09. The summed E-state index contributed by atoms with van der Waals surface area (Å²) in [5, 5.41) is 6.05. The first-order valence-corrected chi connectivity index (χ1v) is 8.41. The second-order valence-electron chi connectivity index (χ2n) is 6.64. The van der Waals surface area contributed by atoms with Gasteiger partial charge in [-0.25, -0.2) is 0 Å². The van der Waals surface area contributed by atoms with Gasteiger partial charge in [0.05, 0.1) is 23.8 Å². The second kappa shape index (κ2) is 6.88. The zero-order valence-corrected chi connectivity index (χ0v) is 15.4. The molecule has 0 spiro atoms. The fourth-order valence-electron chi connectivity index (χ4n) is 2.50. The summed E-state index contributed by atoms with van der Waals surface area (Å²) in [6, 6.07) is 9.88. The highest BCUT2D eigenvalue weighted by Crippen LogP contribution is 2.34. The summed E-state index contributed by atoms with van der Waals surface area (Å²) in [6.45, 7) is 3.89. The summed E-state index contributed by atoms with van der Waals surface area (Å²) in [4.78, 5) is 24.8. The van der Waals surface area contributed by atoms with E-state index >= 15 is 0 Å². The Kier molecular flexibility index (Phi) is 4.78. The average molecular weight is 375 g/mol. The van der Waals surface area contributed by atoms with Crippen molar-refractivity contribution in [2.24, 2.45) is 5.41 Å². The van der Waals surface area contributed by atoms with Crippen molar-refractivity contribution in [3.8, 4) is 11.5 Å². The topological polar surface area (TPSA) is 76.7 Å². The van der Waals surface area contributed by atoms with Gasteiger partial charge in [0, 0.05) is 10.7 Å². The number of carbonyl (C=O) groups excluding carboxylic acids is 2. The zero-order chi connectivity index (χ0) is 18.9. The summed E-state index contributed by atoms with van der Waals surface area (Å²) < 4.78 is 10.9. The minimum Gasteiger partial charge on any atom is -0.496 e. The van der Waals surface area contributed by atoms with Crippen LogP contribution in [0.25, 0.3) is 0 Å². The first kappa shape index (κ1) is 18.1. The molecule has 0 unspecified atom stereocenters. The molecule has 2 aromatic carbocycles. The van der Waals surface area contributed by atoms with Crippen LogP contribution in [0.5, 0.6) is 11.5 Å². The molecule has 2 N–H and O–H groups in total. The fourth-order valence-corrected chi connectivity index (χ4v) is 2.67. The number of methoxy groups -OCH3 is 1. The number of amides is 2. The van der Waals surface area contributed by atoms with Crippen LogP contribution in [-0.4, -0.2) is 25.5 Å². The van der Waals surface area contributed by atoms with E-state index in [0.717, 1.165) is 0 Å². The minimum atomic E-state index is -0.642. The van der Waals surface area contributed by atoms with E-state index < -0.39 is 5.41 Å². The molecule has 2 aromatic rings. The van der Waals surface area contributed by atoms with Crippen LogP contribution < -0.4 is 20.1 Å². The first-order valence-electron chi connectivity index (χ1n) is 8.03. The standard InChI is InChI=1S/C19H19ClN2O4/c1-19(2)10-26-16-7-5-12(9-14(16)22-18(19)24)21-17(23)13-8-11(20)4-6-15(13)25-3/h4-9H,10H2,1-3H3,(H,21,23)(H,22,24). The highest BCUT2D eigenvalue weighted by Gasteiger charge is 2.32. The molecule has 1 aliphatic rings. The van der Waals surface area contributed by atoms with E-state index in [1.807, 2.05) is 13.8 Å². The number of rotatable bonds is 3. The maximum Gasteiger partial charge on any atom is 0.259 e. The van der Waals surface area contributed by atoms with Crippen LogP contribution in [0.4, 0.5) is 11.4 Å². The lowest BCUT2D eigenvalue weighted by Crippen LogP contribution is -2.33. The van der Waals surface area contributed by atoms with Gasteiger partial charge in [-0.1, -0.05) is 11.6 Å². The molecule has 0 bridgehead atoms. The Balaban J connectivity index is 1.85. The van der Waals surface area contributed by atoms with Crippen molar-refractivity contribution in [2.45, 2.75) is 13.8 Å². The van der Waals surface area contributed by atoms with Crippen LogP contribution in [0, 0.1) is 5.41 Å². The van der Waals surface area contributed by atoms with Gasteiger partial charge in [-0.2, -0.15) is 0 Å². The van der Waals surface area contributed by atoms with E-state index in [-0.39, 0.29) is 18.4 Å². The van der Waals surface area contributed by atoms with Gasteiger partial charge in [-0.15, -0.1) is 0 Å². The number of hydrogen-bond acceptors (Lipinski definition) is 4. The van der Waals surface area contributed by atoms with Gasteiger partial charge in [0.1, 0.15) is 18.1 Å². The van der Waals surface area contributed by atoms with Gasteiger partial charge >= 0.3 is 0 Å². The van der Waals surface area contributed by atoms with E-state index in [1.54, 1.807) is 30.3 Å². The molecule has 0 saturated heterocycles. The van der Waals surface area contributed by atoms with E-state index in [4.69, 9.17) is 21.1 Å². The Bertz CT molecular complexity index is 880. The van der Waals surface area contributed by atoms with E-state index in [9.17, 15) is 9.59 Å². The average Bonchev–Trinajstić information content (AvgIpc) is 2.71. The van der Waals surface area contributed by atoms with Crippen molar-refractivity contribution < 1.29 is 19.1 Å². The summed E-state index contributed by atoms with van der Waals surface area (Å²) in [7, 11) is 1.48. The van der Waals surface area contributed by atoms with Gasteiger partial charge in [0.2, 0.25) is 5.91 Å². The molecular formula is C19H19ClN2O4. The molecule has 0 aromatic heterocycles. The van der Waals surface area contributed by atoms with Crippen molar-refractivity contribution in [3.63, 3.8) is 0 Å². The first-order chi connectivity index (χ1) is 12.3. The molecular weight excluding hydrogens is 356 g/mol. The fraction of sp³-hybridized carbons (Fsp3) is 0.263. The zero-order valence-electron chi connectivity index (χ0n) is 14.7. The Labute approximate surface area is 156 Å². The number of hydrogen-bond donors (Lipinski definition) is 2. The number of nitrogens with one attached hydrogen (secondary N) is 2. The van der Waals surface area contributed by atoms with Crippen LogP contribution in [-0.2, 0) is 4.79 Å². The van der Waals surface area contributed by atoms with Crippen molar-refractivity contribution in [3.05, 3.63) is 47.0 Å². The van der Waals surface area contributed by atoms with Crippen molar-refractivity contribution in [2.75, 3.05) is 24.4 Å². The molecule has 1 heterocycles. The number of ether oxygens (including phenoxy) is 2. The normalized spacial score (nSPS) is 15.2. The molecule has 2 amide bonds. The van der Waals surface area contributed by atoms with Crippen molar-refractivity contribution in [1.82, 2.24) is 0 Å². The van der Waals surface area contributed by atoms with Gasteiger partial charge in [-0.3, -0.25) is 9.59 Å². The maximum atomic E-state index is 12.6. The van der Waals surface area contributed by atoms with Crippen LogP contribution in [0.2, 0.25) is 5.02 Å². The molecule has 0 fully saturated rings. The van der Waals surface area contributed by atoms with Gasteiger partial charge in [0.25, 0.3) is 5.91 Å². The van der Waals surface area contributed by atoms with Crippen molar-refractivity contribution >= 4 is 34.8 Å². The highest BCUT2D eigenvalue weighted by atomic mass is 35.5. The summed E-state index contributed by atoms with van der Waals surface area (Å²) in [5.74, 6) is 0.462. The van der Waals surface area contributed by atoms with E-state index in [2.05, 4.69) is 10.6 Å². The SMILES string of the molecule is COc1ccc(Cl)cc1C(=O)Nc1ccc2c(c1)NC(=O)C(C)(C)CO2. The minimum absolute atomic E-state index is 0.142. The lowest BCUT2D eigenvalue weighted by Gasteiger charge is -2.18. The molecule has 0 aliphatic carbocycles. The van der Waals surface area contributed by atoms with Gasteiger partial charge in [-0.05, 0) is 50.2 Å². The van der Waals surface area contributed by atoms with E-state index in [1.165, 1.54) is 13.2 Å². The van der Waals surface area contributed by atoms with Crippen molar-refractivity contribution in [1.29, 1.82) is 0 Å². The van der Waals surface area contributed by atoms with Gasteiger partial charge in [0.15, 0.2) is 0 Å². The third-order valence-corrected chi connectivity index (χ3v) is 4.33. The smallest absolute Gasteiger partial charge is 0.259 e. The number of anilines is 2. The number of carbonyl (C=O) groups is 2. The largest absolute Gasteiger partial charge is 0.496 e. The molecule has 0 saturated carbocycles. The molecule has 7 heteroatoms. The van der Waals surface area contributed by atoms with Crippen LogP contribution in [0.1, 0.15) is 24.2 Å². The molecule has 0 radical (unpaired) electrons. The lowest BCUT2D eigenvalue weighted by atomic mass is 9.94. The second-order valence-corrected chi connectivity index (χ2v) is 7.07. The Morgan fingerprint density at radius 3 is 2.77 bits per heavy atom. The highest BCUT2D eigenvalue weighted by molar-refractivity contribution is 6.31. The van der Waals surface area contributed by atoms with E-state index in [0.29, 0.717) is 33.5 Å². The van der Waals surface area contributed by atoms with Crippen LogP contribution in [0.3, 0.4) is 0 Å². The molecule has 26 heavy (non-hydrogen) atoms.